The number of piperidine rings is 1. The van der Waals surface area contributed by atoms with Crippen LogP contribution in [0, 0.1) is 0 Å². The summed E-state index contributed by atoms with van der Waals surface area (Å²) in [6.45, 7) is 3.29. The summed E-state index contributed by atoms with van der Waals surface area (Å²) in [5.41, 5.74) is 2.95. The number of nitrogens with zero attached hydrogens (tertiary/aromatic N) is 1. The van der Waals surface area contributed by atoms with Crippen LogP contribution in [0.25, 0.3) is 0 Å². The van der Waals surface area contributed by atoms with Gasteiger partial charge in [-0.3, -0.25) is 4.90 Å². The van der Waals surface area contributed by atoms with Crippen LogP contribution in [0.15, 0.2) is 54.6 Å². The summed E-state index contributed by atoms with van der Waals surface area (Å²) in [6, 6.07) is 17.7. The van der Waals surface area contributed by atoms with Crippen molar-refractivity contribution >= 4 is 16.1 Å². The number of likely N-dealkylation sites (tertiary alicyclic amines) is 1. The van der Waals surface area contributed by atoms with E-state index in [-0.39, 0.29) is 17.8 Å². The fourth-order valence-electron chi connectivity index (χ4n) is 3.54. The highest BCUT2D eigenvalue weighted by molar-refractivity contribution is 7.88. The molecular formula is C22H30N4O3S. The minimum absolute atomic E-state index is 0.0549. The Labute approximate surface area is 178 Å². The van der Waals surface area contributed by atoms with Crippen molar-refractivity contribution in [2.45, 2.75) is 37.7 Å². The molecular weight excluding hydrogens is 400 g/mol. The first-order valence-electron chi connectivity index (χ1n) is 10.2. The molecule has 1 fully saturated rings. The number of amides is 2. The van der Waals surface area contributed by atoms with E-state index in [1.54, 1.807) is 12.1 Å². The molecule has 0 spiro atoms. The van der Waals surface area contributed by atoms with Crippen molar-refractivity contribution in [3.8, 4) is 0 Å². The van der Waals surface area contributed by atoms with Crippen molar-refractivity contribution in [2.24, 2.45) is 0 Å². The lowest BCUT2D eigenvalue weighted by Crippen LogP contribution is -2.47. The summed E-state index contributed by atoms with van der Waals surface area (Å²) >= 11 is 0. The van der Waals surface area contributed by atoms with Crippen LogP contribution in [-0.4, -0.2) is 45.5 Å². The summed E-state index contributed by atoms with van der Waals surface area (Å²) < 4.78 is 25.5. The molecule has 3 N–H and O–H groups in total. The average molecular weight is 431 g/mol. The van der Waals surface area contributed by atoms with Gasteiger partial charge in [0.1, 0.15) is 0 Å². The number of carbonyl (C=O) groups is 1. The van der Waals surface area contributed by atoms with E-state index in [2.05, 4.69) is 44.5 Å². The van der Waals surface area contributed by atoms with Gasteiger partial charge in [-0.2, -0.15) is 0 Å². The molecule has 1 saturated heterocycles. The van der Waals surface area contributed by atoms with Crippen molar-refractivity contribution in [3.63, 3.8) is 0 Å². The van der Waals surface area contributed by atoms with Crippen LogP contribution >= 0.6 is 0 Å². The maximum Gasteiger partial charge on any atom is 0.315 e. The van der Waals surface area contributed by atoms with Gasteiger partial charge in [-0.05, 0) is 36.6 Å². The first-order valence-corrected chi connectivity index (χ1v) is 11.9. The van der Waals surface area contributed by atoms with Crippen LogP contribution in [0.2, 0.25) is 0 Å². The predicted octanol–water partition coefficient (Wildman–Crippen LogP) is 2.20. The Hall–Kier alpha value is -2.42. The van der Waals surface area contributed by atoms with E-state index in [1.807, 2.05) is 18.2 Å². The van der Waals surface area contributed by atoms with Gasteiger partial charge in [-0.15, -0.1) is 0 Å². The molecule has 3 rings (SSSR count). The van der Waals surface area contributed by atoms with Crippen LogP contribution in [0.5, 0.6) is 0 Å². The second-order valence-electron chi connectivity index (χ2n) is 7.64. The van der Waals surface area contributed by atoms with Gasteiger partial charge in [0.15, 0.2) is 0 Å². The lowest BCUT2D eigenvalue weighted by atomic mass is 10.0. The molecule has 0 atom stereocenters. The molecule has 30 heavy (non-hydrogen) atoms. The second kappa shape index (κ2) is 10.6. The smallest absolute Gasteiger partial charge is 0.315 e. The van der Waals surface area contributed by atoms with Gasteiger partial charge < -0.3 is 10.6 Å². The molecule has 1 heterocycles. The van der Waals surface area contributed by atoms with Crippen molar-refractivity contribution in [1.82, 2.24) is 20.3 Å². The maximum absolute atomic E-state index is 12.2. The average Bonchev–Trinajstić information content (AvgIpc) is 2.75. The molecule has 1 aliphatic heterocycles. The molecule has 0 saturated carbocycles. The van der Waals surface area contributed by atoms with Crippen LogP contribution in [0.1, 0.15) is 29.5 Å². The van der Waals surface area contributed by atoms with E-state index >= 15 is 0 Å². The molecule has 162 valence electrons. The van der Waals surface area contributed by atoms with Gasteiger partial charge in [0, 0.05) is 32.2 Å². The molecule has 2 amide bonds. The van der Waals surface area contributed by atoms with E-state index in [9.17, 15) is 13.2 Å². The van der Waals surface area contributed by atoms with E-state index < -0.39 is 10.0 Å². The van der Waals surface area contributed by atoms with Crippen LogP contribution < -0.4 is 15.4 Å². The largest absolute Gasteiger partial charge is 0.335 e. The van der Waals surface area contributed by atoms with Gasteiger partial charge >= 0.3 is 6.03 Å². The molecule has 0 aromatic heterocycles. The Morgan fingerprint density at radius 2 is 1.60 bits per heavy atom. The summed E-state index contributed by atoms with van der Waals surface area (Å²) in [7, 11) is -1.88. The Balaban J connectivity index is 1.37. The first kappa shape index (κ1) is 22.3. The van der Waals surface area contributed by atoms with Gasteiger partial charge in [0.05, 0.1) is 5.75 Å². The zero-order valence-electron chi connectivity index (χ0n) is 17.3. The molecule has 2 aromatic rings. The number of urea groups is 1. The Morgan fingerprint density at radius 1 is 0.967 bits per heavy atom. The number of carbonyl (C=O) groups excluding carboxylic acids is 1. The van der Waals surface area contributed by atoms with Gasteiger partial charge in [-0.1, -0.05) is 54.6 Å². The number of hydrogen-bond donors (Lipinski definition) is 3. The molecule has 2 aromatic carbocycles. The van der Waals surface area contributed by atoms with Gasteiger partial charge in [-0.25, -0.2) is 17.9 Å². The second-order valence-corrected chi connectivity index (χ2v) is 9.57. The normalized spacial score (nSPS) is 15.6. The number of hydrogen-bond acceptors (Lipinski definition) is 4. The SMILES string of the molecule is CNS(=O)(=O)Cc1ccc(CNC(=O)NC2CCN(Cc3ccccc3)CC2)cc1. The van der Waals surface area contributed by atoms with Crippen LogP contribution in [-0.2, 0) is 28.9 Å². The van der Waals surface area contributed by atoms with Crippen LogP contribution in [0.3, 0.4) is 0 Å². The molecule has 7 nitrogen and oxygen atoms in total. The van der Waals surface area contributed by atoms with Gasteiger partial charge in [0.2, 0.25) is 10.0 Å². The molecule has 1 aliphatic rings. The topological polar surface area (TPSA) is 90.5 Å². The molecule has 8 heteroatoms. The molecule has 0 bridgehead atoms. The van der Waals surface area contributed by atoms with E-state index in [0.29, 0.717) is 12.1 Å². The fraction of sp³-hybridized carbons (Fsp3) is 0.409. The van der Waals surface area contributed by atoms with Crippen LogP contribution in [0.4, 0.5) is 4.79 Å². The third-order valence-electron chi connectivity index (χ3n) is 5.32. The third-order valence-corrected chi connectivity index (χ3v) is 6.65. The van der Waals surface area contributed by atoms with Crippen molar-refractivity contribution in [1.29, 1.82) is 0 Å². The van der Waals surface area contributed by atoms with E-state index in [0.717, 1.165) is 38.0 Å². The predicted molar refractivity (Wildman–Crippen MR) is 118 cm³/mol. The minimum Gasteiger partial charge on any atom is -0.335 e. The highest BCUT2D eigenvalue weighted by Crippen LogP contribution is 2.14. The fourth-order valence-corrected chi connectivity index (χ4v) is 4.32. The molecule has 0 radical (unpaired) electrons. The lowest BCUT2D eigenvalue weighted by Gasteiger charge is -2.32. The van der Waals surface area contributed by atoms with Crippen molar-refractivity contribution in [2.75, 3.05) is 20.1 Å². The van der Waals surface area contributed by atoms with Crippen molar-refractivity contribution < 1.29 is 13.2 Å². The molecule has 0 unspecified atom stereocenters. The number of benzene rings is 2. The molecule has 0 aliphatic carbocycles. The standard InChI is InChI=1S/C22H30N4O3S/c1-23-30(28,29)17-20-9-7-18(8-10-20)15-24-22(27)25-21-11-13-26(14-12-21)16-19-5-3-2-4-6-19/h2-10,21,23H,11-17H2,1H3,(H2,24,25,27). The summed E-state index contributed by atoms with van der Waals surface area (Å²) in [4.78, 5) is 14.6. The monoisotopic (exact) mass is 430 g/mol. The summed E-state index contributed by atoms with van der Waals surface area (Å²) in [5.74, 6) is -0.0549. The Bertz CT molecular complexity index is 909. The first-order chi connectivity index (χ1) is 14.4. The maximum atomic E-state index is 12.2. The van der Waals surface area contributed by atoms with Crippen molar-refractivity contribution in [3.05, 3.63) is 71.3 Å². The number of sulfonamides is 1. The summed E-state index contributed by atoms with van der Waals surface area (Å²) in [6.07, 6.45) is 1.88. The number of rotatable bonds is 8. The Kier molecular flexibility index (Phi) is 7.84. The lowest BCUT2D eigenvalue weighted by molar-refractivity contribution is 0.186. The minimum atomic E-state index is -3.28. The quantitative estimate of drug-likeness (QED) is 0.599. The van der Waals surface area contributed by atoms with E-state index in [4.69, 9.17) is 0 Å². The van der Waals surface area contributed by atoms with Gasteiger partial charge in [0.25, 0.3) is 0 Å². The zero-order chi connectivity index (χ0) is 21.4. The highest BCUT2D eigenvalue weighted by atomic mass is 32.2. The Morgan fingerprint density at radius 3 is 2.23 bits per heavy atom. The summed E-state index contributed by atoms with van der Waals surface area (Å²) in [5, 5.41) is 5.94. The third kappa shape index (κ3) is 7.12. The highest BCUT2D eigenvalue weighted by Gasteiger charge is 2.20. The number of nitrogens with one attached hydrogen (secondary N) is 3. The van der Waals surface area contributed by atoms with E-state index in [1.165, 1.54) is 12.6 Å². The zero-order valence-corrected chi connectivity index (χ0v) is 18.1.